The molecule has 188 valence electrons. The lowest BCUT2D eigenvalue weighted by Crippen LogP contribution is -2.50. The first-order chi connectivity index (χ1) is 15.4. The fourth-order valence-corrected chi connectivity index (χ4v) is 3.76. The molecule has 1 rings (SSSR count). The Labute approximate surface area is 201 Å². The maximum atomic E-state index is 12.9. The highest BCUT2D eigenvalue weighted by atomic mass is 16.5. The number of carbonyl (C=O) groups excluding carboxylic acids is 2. The van der Waals surface area contributed by atoms with Crippen molar-refractivity contribution in [2.24, 2.45) is 0 Å². The van der Waals surface area contributed by atoms with E-state index < -0.39 is 0 Å². The molecule has 0 spiro atoms. The first-order valence-electron chi connectivity index (χ1n) is 12.4. The van der Waals surface area contributed by atoms with Crippen LogP contribution in [-0.2, 0) is 25.5 Å². The molecule has 1 aromatic carbocycles. The van der Waals surface area contributed by atoms with E-state index in [1.807, 2.05) is 65.0 Å². The lowest BCUT2D eigenvalue weighted by atomic mass is 9.94. The van der Waals surface area contributed by atoms with E-state index in [1.165, 1.54) is 0 Å². The molecule has 1 unspecified atom stereocenters. The highest BCUT2D eigenvalue weighted by molar-refractivity contribution is 5.76. The Morgan fingerprint density at radius 3 is 2.06 bits per heavy atom. The zero-order chi connectivity index (χ0) is 25.0. The first kappa shape index (κ1) is 29.1. The molecule has 0 aliphatic rings. The van der Waals surface area contributed by atoms with Gasteiger partial charge < -0.3 is 14.8 Å². The van der Waals surface area contributed by atoms with E-state index in [0.29, 0.717) is 12.8 Å². The number of ether oxygens (including phenoxy) is 2. The van der Waals surface area contributed by atoms with Crippen molar-refractivity contribution >= 4 is 11.9 Å². The van der Waals surface area contributed by atoms with E-state index in [0.717, 1.165) is 24.8 Å². The molecule has 33 heavy (non-hydrogen) atoms. The van der Waals surface area contributed by atoms with Crippen molar-refractivity contribution in [2.45, 2.75) is 123 Å². The topological polar surface area (TPSA) is 76.7 Å². The van der Waals surface area contributed by atoms with Crippen molar-refractivity contribution in [2.75, 3.05) is 0 Å². The van der Waals surface area contributed by atoms with Gasteiger partial charge in [0.05, 0.1) is 12.2 Å². The van der Waals surface area contributed by atoms with E-state index >= 15 is 0 Å². The standard InChI is InChI=1S/C27H46N2O4/c1-9-13-23(25(30)32-20(4)5)29-27(7,8)17-16-21(6)33-26(31)24(28-19(2)3)18-22-14-11-10-12-15-22/h10-12,14-15,19-21,23-24,28-29H,9,13,16-18H2,1-8H3/t21?,23-,24-/m0/s1. The molecule has 6 heteroatoms. The van der Waals surface area contributed by atoms with Crippen molar-refractivity contribution in [1.29, 1.82) is 0 Å². The van der Waals surface area contributed by atoms with Crippen LogP contribution in [0.3, 0.4) is 0 Å². The van der Waals surface area contributed by atoms with Crippen LogP contribution in [0.4, 0.5) is 0 Å². The average Bonchev–Trinajstić information content (AvgIpc) is 2.71. The monoisotopic (exact) mass is 462 g/mol. The number of hydrogen-bond acceptors (Lipinski definition) is 6. The molecule has 0 radical (unpaired) electrons. The predicted octanol–water partition coefficient (Wildman–Crippen LogP) is 4.80. The Bertz CT molecular complexity index is 703. The van der Waals surface area contributed by atoms with Gasteiger partial charge in [0.1, 0.15) is 12.1 Å². The summed E-state index contributed by atoms with van der Waals surface area (Å²) in [7, 11) is 0. The Morgan fingerprint density at radius 2 is 1.52 bits per heavy atom. The third kappa shape index (κ3) is 12.2. The number of hydrogen-bond donors (Lipinski definition) is 2. The van der Waals surface area contributed by atoms with Crippen molar-refractivity contribution in [3.63, 3.8) is 0 Å². The van der Waals surface area contributed by atoms with Crippen LogP contribution >= 0.6 is 0 Å². The number of rotatable bonds is 15. The van der Waals surface area contributed by atoms with Gasteiger partial charge in [0, 0.05) is 11.6 Å². The minimum atomic E-state index is -0.388. The van der Waals surface area contributed by atoms with Gasteiger partial charge in [-0.2, -0.15) is 0 Å². The number of esters is 2. The van der Waals surface area contributed by atoms with E-state index in [1.54, 1.807) is 0 Å². The Balaban J connectivity index is 2.65. The molecule has 0 heterocycles. The van der Waals surface area contributed by atoms with Crippen molar-refractivity contribution < 1.29 is 19.1 Å². The van der Waals surface area contributed by atoms with Gasteiger partial charge in [0.2, 0.25) is 0 Å². The normalized spacial score (nSPS) is 14.7. The lowest BCUT2D eigenvalue weighted by Gasteiger charge is -2.32. The molecule has 1 aromatic rings. The molecule has 2 N–H and O–H groups in total. The molecule has 0 aliphatic carbocycles. The van der Waals surface area contributed by atoms with Crippen molar-refractivity contribution in [3.05, 3.63) is 35.9 Å². The predicted molar refractivity (Wildman–Crippen MR) is 134 cm³/mol. The minimum absolute atomic E-state index is 0.135. The molecule has 0 fully saturated rings. The summed E-state index contributed by atoms with van der Waals surface area (Å²) in [5.74, 6) is -0.432. The zero-order valence-electron chi connectivity index (χ0n) is 21.9. The van der Waals surface area contributed by atoms with Crippen LogP contribution in [0.5, 0.6) is 0 Å². The molecule has 0 saturated carbocycles. The minimum Gasteiger partial charge on any atom is -0.462 e. The summed E-state index contributed by atoms with van der Waals surface area (Å²) < 4.78 is 11.2. The van der Waals surface area contributed by atoms with E-state index in [-0.39, 0.29) is 47.8 Å². The van der Waals surface area contributed by atoms with E-state index in [9.17, 15) is 9.59 Å². The van der Waals surface area contributed by atoms with Crippen molar-refractivity contribution in [3.8, 4) is 0 Å². The summed E-state index contributed by atoms with van der Waals surface area (Å²) in [5.41, 5.74) is 0.802. The fraction of sp³-hybridized carbons (Fsp3) is 0.704. The molecule has 3 atom stereocenters. The lowest BCUT2D eigenvalue weighted by molar-refractivity contribution is -0.151. The first-order valence-corrected chi connectivity index (χ1v) is 12.4. The number of nitrogens with one attached hydrogen (secondary N) is 2. The largest absolute Gasteiger partial charge is 0.462 e. The van der Waals surface area contributed by atoms with Gasteiger partial charge in [-0.25, -0.2) is 0 Å². The molecule has 0 saturated heterocycles. The van der Waals surface area contributed by atoms with Gasteiger partial charge in [-0.15, -0.1) is 0 Å². The second-order valence-electron chi connectivity index (χ2n) is 10.2. The van der Waals surface area contributed by atoms with Crippen LogP contribution in [0, 0.1) is 0 Å². The van der Waals surface area contributed by atoms with Crippen LogP contribution < -0.4 is 10.6 Å². The van der Waals surface area contributed by atoms with Crippen LogP contribution in [0.2, 0.25) is 0 Å². The molecule has 6 nitrogen and oxygen atoms in total. The third-order valence-corrected chi connectivity index (χ3v) is 5.37. The SMILES string of the molecule is CCC[C@H](NC(C)(C)CCC(C)OC(=O)[C@H](Cc1ccccc1)NC(C)C)C(=O)OC(C)C. The fourth-order valence-electron chi connectivity index (χ4n) is 3.76. The molecule has 0 aromatic heterocycles. The zero-order valence-corrected chi connectivity index (χ0v) is 21.9. The van der Waals surface area contributed by atoms with Gasteiger partial charge in [0.25, 0.3) is 0 Å². The molecular weight excluding hydrogens is 416 g/mol. The molecule has 0 aliphatic heterocycles. The highest BCUT2D eigenvalue weighted by Crippen LogP contribution is 2.18. The molecule has 0 amide bonds. The quantitative estimate of drug-likeness (QED) is 0.365. The number of benzene rings is 1. The maximum absolute atomic E-state index is 12.9. The summed E-state index contributed by atoms with van der Waals surface area (Å²) in [6, 6.07) is 9.43. The van der Waals surface area contributed by atoms with Crippen LogP contribution in [0.25, 0.3) is 0 Å². The summed E-state index contributed by atoms with van der Waals surface area (Å²) in [4.78, 5) is 25.4. The Kier molecular flexibility index (Phi) is 12.7. The van der Waals surface area contributed by atoms with Crippen LogP contribution in [0.15, 0.2) is 30.3 Å². The van der Waals surface area contributed by atoms with Gasteiger partial charge in [-0.1, -0.05) is 57.5 Å². The van der Waals surface area contributed by atoms with Gasteiger partial charge in [0.15, 0.2) is 0 Å². The molecular formula is C27H46N2O4. The number of carbonyl (C=O) groups is 2. The van der Waals surface area contributed by atoms with Crippen LogP contribution in [-0.4, -0.2) is 47.8 Å². The summed E-state index contributed by atoms with van der Waals surface area (Å²) in [5, 5.41) is 6.80. The highest BCUT2D eigenvalue weighted by Gasteiger charge is 2.29. The van der Waals surface area contributed by atoms with Crippen molar-refractivity contribution in [1.82, 2.24) is 10.6 Å². The summed E-state index contributed by atoms with van der Waals surface area (Å²) in [6.45, 7) is 15.9. The second kappa shape index (κ2) is 14.4. The maximum Gasteiger partial charge on any atom is 0.323 e. The van der Waals surface area contributed by atoms with Crippen LogP contribution in [0.1, 0.15) is 86.6 Å². The summed E-state index contributed by atoms with van der Waals surface area (Å²) >= 11 is 0. The van der Waals surface area contributed by atoms with E-state index in [4.69, 9.17) is 9.47 Å². The Hall–Kier alpha value is -1.92. The smallest absolute Gasteiger partial charge is 0.323 e. The van der Waals surface area contributed by atoms with Gasteiger partial charge in [-0.05, 0) is 65.9 Å². The third-order valence-electron chi connectivity index (χ3n) is 5.37. The Morgan fingerprint density at radius 1 is 0.909 bits per heavy atom. The van der Waals surface area contributed by atoms with Gasteiger partial charge >= 0.3 is 11.9 Å². The summed E-state index contributed by atoms with van der Waals surface area (Å²) in [6.07, 6.45) is 3.31. The van der Waals surface area contributed by atoms with E-state index in [2.05, 4.69) is 31.4 Å². The average molecular weight is 463 g/mol. The second-order valence-corrected chi connectivity index (χ2v) is 10.2. The van der Waals surface area contributed by atoms with Gasteiger partial charge in [-0.3, -0.25) is 14.9 Å². The molecule has 0 bridgehead atoms.